The van der Waals surface area contributed by atoms with E-state index in [1.165, 1.54) is 51.4 Å². The molecule has 1 rings (SSSR count). The Hall–Kier alpha value is -0.240. The Bertz CT molecular complexity index is 303. The van der Waals surface area contributed by atoms with Crippen LogP contribution in [0.5, 0.6) is 0 Å². The maximum Gasteiger partial charge on any atom is 0.137 e. The molecule has 1 fully saturated rings. The van der Waals surface area contributed by atoms with Crippen LogP contribution in [-0.2, 0) is 4.74 Å². The molecule has 0 spiro atoms. The van der Waals surface area contributed by atoms with Gasteiger partial charge in [-0.1, -0.05) is 64.7 Å². The summed E-state index contributed by atoms with van der Waals surface area (Å²) in [6.45, 7) is 2.53. The molecule has 0 aliphatic carbocycles. The summed E-state index contributed by atoms with van der Waals surface area (Å²) in [4.78, 5) is 0. The molecule has 0 saturated carbocycles. The quantitative estimate of drug-likeness (QED) is 0.322. The minimum Gasteiger partial charge on any atom is -0.394 e. The third-order valence-electron chi connectivity index (χ3n) is 4.77. The highest BCUT2D eigenvalue weighted by Crippen LogP contribution is 2.19. The van der Waals surface area contributed by atoms with Gasteiger partial charge < -0.3 is 25.2 Å². The van der Waals surface area contributed by atoms with Gasteiger partial charge in [0.1, 0.15) is 30.6 Å². The van der Waals surface area contributed by atoms with E-state index in [0.29, 0.717) is 6.54 Å². The van der Waals surface area contributed by atoms with Gasteiger partial charge in [-0.3, -0.25) is 5.32 Å². The highest BCUT2D eigenvalue weighted by molar-refractivity contribution is 4.90. The fraction of sp³-hybridized carbons (Fsp3) is 1.00. The largest absolute Gasteiger partial charge is 0.394 e. The fourth-order valence-corrected chi connectivity index (χ4v) is 3.13. The SMILES string of the molecule is CCCCCCCCCCCCN[C@@H]1O[C@H](CO)[C@@H](O)[C@H](O)[C@H]1O. The molecule has 0 radical (unpaired) electrons. The van der Waals surface area contributed by atoms with Gasteiger partial charge in [-0.25, -0.2) is 0 Å². The van der Waals surface area contributed by atoms with Gasteiger partial charge in [-0.15, -0.1) is 0 Å². The van der Waals surface area contributed by atoms with Crippen LogP contribution < -0.4 is 5.32 Å². The molecule has 24 heavy (non-hydrogen) atoms. The lowest BCUT2D eigenvalue weighted by molar-refractivity contribution is -0.236. The molecule has 144 valence electrons. The Labute approximate surface area is 146 Å². The predicted molar refractivity (Wildman–Crippen MR) is 93.6 cm³/mol. The van der Waals surface area contributed by atoms with Crippen LogP contribution in [0.25, 0.3) is 0 Å². The summed E-state index contributed by atoms with van der Waals surface area (Å²) in [5, 5.41) is 41.5. The van der Waals surface area contributed by atoms with Gasteiger partial charge in [0, 0.05) is 0 Å². The topological polar surface area (TPSA) is 102 Å². The molecule has 0 aromatic carbocycles. The minimum atomic E-state index is -1.30. The van der Waals surface area contributed by atoms with E-state index in [1.807, 2.05) is 0 Å². The van der Waals surface area contributed by atoms with Crippen LogP contribution in [0.2, 0.25) is 0 Å². The molecule has 0 aromatic heterocycles. The molecular weight excluding hydrogens is 310 g/mol. The maximum absolute atomic E-state index is 9.90. The van der Waals surface area contributed by atoms with Crippen LogP contribution in [0.1, 0.15) is 71.1 Å². The second-order valence-corrected chi connectivity index (χ2v) is 6.89. The molecule has 5 atom stereocenters. The maximum atomic E-state index is 9.90. The van der Waals surface area contributed by atoms with Crippen molar-refractivity contribution in [1.82, 2.24) is 5.32 Å². The summed E-state index contributed by atoms with van der Waals surface area (Å²) >= 11 is 0. The van der Waals surface area contributed by atoms with Crippen LogP contribution in [0.3, 0.4) is 0 Å². The third-order valence-corrected chi connectivity index (χ3v) is 4.77. The normalized spacial score (nSPS) is 30.6. The Morgan fingerprint density at radius 2 is 1.29 bits per heavy atom. The zero-order valence-electron chi connectivity index (χ0n) is 15.1. The number of hydrogen-bond donors (Lipinski definition) is 5. The van der Waals surface area contributed by atoms with Crippen molar-refractivity contribution in [2.24, 2.45) is 0 Å². The number of rotatable bonds is 13. The lowest BCUT2D eigenvalue weighted by atomic mass is 9.98. The second kappa shape index (κ2) is 13.0. The van der Waals surface area contributed by atoms with Crippen molar-refractivity contribution in [1.29, 1.82) is 0 Å². The molecular formula is C18H37NO5. The molecule has 0 amide bonds. The average Bonchev–Trinajstić information content (AvgIpc) is 2.59. The summed E-state index contributed by atoms with van der Waals surface area (Å²) in [5.74, 6) is 0. The third kappa shape index (κ3) is 7.76. The van der Waals surface area contributed by atoms with E-state index in [4.69, 9.17) is 9.84 Å². The van der Waals surface area contributed by atoms with Gasteiger partial charge in [-0.05, 0) is 13.0 Å². The zero-order valence-corrected chi connectivity index (χ0v) is 15.1. The van der Waals surface area contributed by atoms with E-state index in [9.17, 15) is 15.3 Å². The number of nitrogens with one attached hydrogen (secondary N) is 1. The predicted octanol–water partition coefficient (Wildman–Crippen LogP) is 1.30. The molecule has 1 heterocycles. The smallest absolute Gasteiger partial charge is 0.137 e. The standard InChI is InChI=1S/C18H37NO5/c1-2-3-4-5-6-7-8-9-10-11-12-19-18-17(23)16(22)15(21)14(13-20)24-18/h14-23H,2-13H2,1H3/t14-,15-,16+,17-,18-/m1/s1. The van der Waals surface area contributed by atoms with E-state index in [0.717, 1.165) is 12.8 Å². The van der Waals surface area contributed by atoms with Gasteiger partial charge in [0.2, 0.25) is 0 Å². The first kappa shape index (κ1) is 21.8. The Morgan fingerprint density at radius 3 is 1.83 bits per heavy atom. The summed E-state index contributed by atoms with van der Waals surface area (Å²) in [5.41, 5.74) is 0. The molecule has 5 N–H and O–H groups in total. The highest BCUT2D eigenvalue weighted by Gasteiger charge is 2.42. The monoisotopic (exact) mass is 347 g/mol. The van der Waals surface area contributed by atoms with Crippen molar-refractivity contribution in [2.75, 3.05) is 13.2 Å². The van der Waals surface area contributed by atoms with Gasteiger partial charge >= 0.3 is 0 Å². The second-order valence-electron chi connectivity index (χ2n) is 6.89. The molecule has 1 aliphatic heterocycles. The van der Waals surface area contributed by atoms with Crippen molar-refractivity contribution in [2.45, 2.75) is 102 Å². The summed E-state index contributed by atoms with van der Waals surface area (Å²) < 4.78 is 5.40. The molecule has 0 unspecified atom stereocenters. The summed E-state index contributed by atoms with van der Waals surface area (Å²) in [6, 6.07) is 0. The first-order valence-corrected chi connectivity index (χ1v) is 9.65. The van der Waals surface area contributed by atoms with E-state index < -0.39 is 30.6 Å². The van der Waals surface area contributed by atoms with E-state index in [1.54, 1.807) is 0 Å². The van der Waals surface area contributed by atoms with Crippen LogP contribution in [0.15, 0.2) is 0 Å². The number of hydrogen-bond acceptors (Lipinski definition) is 6. The fourth-order valence-electron chi connectivity index (χ4n) is 3.13. The lowest BCUT2D eigenvalue weighted by Crippen LogP contribution is -2.62. The molecule has 6 nitrogen and oxygen atoms in total. The zero-order chi connectivity index (χ0) is 17.8. The van der Waals surface area contributed by atoms with Gasteiger partial charge in [0.15, 0.2) is 0 Å². The van der Waals surface area contributed by atoms with Gasteiger partial charge in [0.05, 0.1) is 6.61 Å². The number of unbranched alkanes of at least 4 members (excludes halogenated alkanes) is 9. The molecule has 6 heteroatoms. The summed E-state index contributed by atoms with van der Waals surface area (Å²) in [6.07, 6.45) is 7.21. The van der Waals surface area contributed by atoms with Crippen molar-refractivity contribution in [3.05, 3.63) is 0 Å². The van der Waals surface area contributed by atoms with Crippen LogP contribution in [0, 0.1) is 0 Å². The van der Waals surface area contributed by atoms with Crippen LogP contribution in [0.4, 0.5) is 0 Å². The van der Waals surface area contributed by atoms with E-state index in [-0.39, 0.29) is 6.61 Å². The summed E-state index contributed by atoms with van der Waals surface area (Å²) in [7, 11) is 0. The first-order valence-electron chi connectivity index (χ1n) is 9.65. The number of aliphatic hydroxyl groups excluding tert-OH is 4. The van der Waals surface area contributed by atoms with E-state index in [2.05, 4.69) is 12.2 Å². The van der Waals surface area contributed by atoms with Crippen LogP contribution in [-0.4, -0.2) is 64.2 Å². The highest BCUT2D eigenvalue weighted by atomic mass is 16.6. The lowest BCUT2D eigenvalue weighted by Gasteiger charge is -2.40. The van der Waals surface area contributed by atoms with Gasteiger partial charge in [0.25, 0.3) is 0 Å². The molecule has 0 bridgehead atoms. The molecule has 0 aromatic rings. The average molecular weight is 347 g/mol. The Morgan fingerprint density at radius 1 is 0.750 bits per heavy atom. The van der Waals surface area contributed by atoms with E-state index >= 15 is 0 Å². The number of aliphatic hydroxyl groups is 4. The minimum absolute atomic E-state index is 0.388. The van der Waals surface area contributed by atoms with Crippen molar-refractivity contribution >= 4 is 0 Å². The van der Waals surface area contributed by atoms with Gasteiger partial charge in [-0.2, -0.15) is 0 Å². The molecule has 1 saturated heterocycles. The number of ether oxygens (including phenoxy) is 1. The van der Waals surface area contributed by atoms with Crippen molar-refractivity contribution < 1.29 is 25.2 Å². The van der Waals surface area contributed by atoms with Crippen LogP contribution >= 0.6 is 0 Å². The Kier molecular flexibility index (Phi) is 11.8. The molecule has 1 aliphatic rings. The first-order chi connectivity index (χ1) is 11.6. The van der Waals surface area contributed by atoms with Crippen molar-refractivity contribution in [3.8, 4) is 0 Å². The Balaban J connectivity index is 2.02. The van der Waals surface area contributed by atoms with Crippen molar-refractivity contribution in [3.63, 3.8) is 0 Å².